The van der Waals surface area contributed by atoms with Crippen LogP contribution in [0.25, 0.3) is 0 Å². The van der Waals surface area contributed by atoms with E-state index in [0.717, 1.165) is 66.8 Å². The summed E-state index contributed by atoms with van der Waals surface area (Å²) in [6.07, 6.45) is 7.14. The molecule has 1 aliphatic carbocycles. The number of nitrogens with zero attached hydrogens (tertiary/aromatic N) is 3. The highest BCUT2D eigenvalue weighted by molar-refractivity contribution is 5.95. The Balaban J connectivity index is 1.30. The number of piperidine rings is 1. The number of carbonyl (C=O) groups is 1. The zero-order chi connectivity index (χ0) is 20.5. The summed E-state index contributed by atoms with van der Waals surface area (Å²) in [5.74, 6) is 1.50. The molecule has 30 heavy (non-hydrogen) atoms. The van der Waals surface area contributed by atoms with Gasteiger partial charge in [0.25, 0.3) is 5.91 Å². The molecule has 4 aliphatic rings. The lowest BCUT2D eigenvalue weighted by molar-refractivity contribution is -0.0482. The molecule has 0 radical (unpaired) electrons. The first-order valence-corrected chi connectivity index (χ1v) is 11.0. The van der Waals surface area contributed by atoms with E-state index in [1.165, 1.54) is 0 Å². The van der Waals surface area contributed by atoms with Gasteiger partial charge in [-0.1, -0.05) is 6.07 Å². The number of aromatic nitrogens is 2. The summed E-state index contributed by atoms with van der Waals surface area (Å²) in [5, 5.41) is 16.2. The van der Waals surface area contributed by atoms with E-state index in [4.69, 9.17) is 9.47 Å². The summed E-state index contributed by atoms with van der Waals surface area (Å²) >= 11 is 0. The molecule has 7 nitrogen and oxygen atoms in total. The molecule has 1 N–H and O–H groups in total. The predicted molar refractivity (Wildman–Crippen MR) is 109 cm³/mol. The van der Waals surface area contributed by atoms with Crippen molar-refractivity contribution < 1.29 is 19.4 Å². The molecule has 0 spiro atoms. The summed E-state index contributed by atoms with van der Waals surface area (Å²) in [4.78, 5) is 15.7. The summed E-state index contributed by atoms with van der Waals surface area (Å²) in [5.41, 5.74) is 2.90. The second kappa shape index (κ2) is 6.48. The molecule has 6 rings (SSSR count). The van der Waals surface area contributed by atoms with Crippen LogP contribution in [0.4, 0.5) is 0 Å². The van der Waals surface area contributed by atoms with Crippen molar-refractivity contribution >= 4 is 5.91 Å². The van der Waals surface area contributed by atoms with Crippen LogP contribution in [0.3, 0.4) is 0 Å². The normalized spacial score (nSPS) is 29.2. The van der Waals surface area contributed by atoms with Crippen LogP contribution in [0, 0.1) is 0 Å². The van der Waals surface area contributed by atoms with E-state index in [1.807, 2.05) is 30.1 Å². The number of aryl methyl sites for hydroxylation is 2. The molecule has 1 aromatic carbocycles. The van der Waals surface area contributed by atoms with E-state index in [0.29, 0.717) is 18.6 Å². The van der Waals surface area contributed by atoms with Gasteiger partial charge in [-0.15, -0.1) is 0 Å². The van der Waals surface area contributed by atoms with Crippen LogP contribution in [0.2, 0.25) is 0 Å². The molecular weight excluding hydrogens is 382 g/mol. The zero-order valence-electron chi connectivity index (χ0n) is 17.3. The Morgan fingerprint density at radius 2 is 1.87 bits per heavy atom. The van der Waals surface area contributed by atoms with E-state index in [-0.39, 0.29) is 24.8 Å². The Hall–Kier alpha value is -2.54. The van der Waals surface area contributed by atoms with Gasteiger partial charge >= 0.3 is 0 Å². The highest BCUT2D eigenvalue weighted by Crippen LogP contribution is 2.48. The summed E-state index contributed by atoms with van der Waals surface area (Å²) in [6, 6.07) is 5.79. The van der Waals surface area contributed by atoms with Crippen molar-refractivity contribution in [2.75, 3.05) is 6.79 Å². The monoisotopic (exact) mass is 409 g/mol. The van der Waals surface area contributed by atoms with Crippen molar-refractivity contribution in [2.45, 2.75) is 69.1 Å². The fourth-order valence-corrected chi connectivity index (χ4v) is 6.05. The first-order chi connectivity index (χ1) is 14.5. The van der Waals surface area contributed by atoms with Gasteiger partial charge in [0.05, 0.1) is 11.3 Å². The summed E-state index contributed by atoms with van der Waals surface area (Å²) < 4.78 is 12.7. The third-order valence-corrected chi connectivity index (χ3v) is 7.43. The lowest BCUT2D eigenvalue weighted by Gasteiger charge is -2.44. The maximum absolute atomic E-state index is 13.7. The molecule has 0 unspecified atom stereocenters. The fourth-order valence-electron chi connectivity index (χ4n) is 6.05. The van der Waals surface area contributed by atoms with Gasteiger partial charge in [-0.25, -0.2) is 0 Å². The third kappa shape index (κ3) is 2.61. The van der Waals surface area contributed by atoms with Crippen molar-refractivity contribution in [3.63, 3.8) is 0 Å². The Morgan fingerprint density at radius 3 is 2.67 bits per heavy atom. The van der Waals surface area contributed by atoms with Crippen molar-refractivity contribution in [3.8, 4) is 11.5 Å². The van der Waals surface area contributed by atoms with Crippen molar-refractivity contribution in [1.82, 2.24) is 14.7 Å². The smallest absolute Gasteiger partial charge is 0.272 e. The maximum Gasteiger partial charge on any atom is 0.272 e. The van der Waals surface area contributed by atoms with Crippen molar-refractivity contribution in [1.29, 1.82) is 0 Å². The van der Waals surface area contributed by atoms with Gasteiger partial charge in [-0.05, 0) is 56.2 Å². The van der Waals surface area contributed by atoms with Gasteiger partial charge in [0.2, 0.25) is 6.79 Å². The van der Waals surface area contributed by atoms with E-state index in [1.54, 1.807) is 4.68 Å². The lowest BCUT2D eigenvalue weighted by Crippen LogP contribution is -2.52. The third-order valence-electron chi connectivity index (χ3n) is 7.43. The van der Waals surface area contributed by atoms with Gasteiger partial charge in [0, 0.05) is 37.5 Å². The van der Waals surface area contributed by atoms with Gasteiger partial charge in [-0.3, -0.25) is 9.48 Å². The van der Waals surface area contributed by atoms with Gasteiger partial charge in [0.15, 0.2) is 11.5 Å². The van der Waals surface area contributed by atoms with Crippen LogP contribution in [0.1, 0.15) is 65.8 Å². The van der Waals surface area contributed by atoms with Gasteiger partial charge in [0.1, 0.15) is 5.69 Å². The molecule has 158 valence electrons. The predicted octanol–water partition coefficient (Wildman–Crippen LogP) is 2.68. The number of hydrogen-bond donors (Lipinski definition) is 1. The summed E-state index contributed by atoms with van der Waals surface area (Å²) in [6.45, 7) is 0.222. The molecule has 2 saturated heterocycles. The number of hydrogen-bond acceptors (Lipinski definition) is 5. The first-order valence-electron chi connectivity index (χ1n) is 11.0. The highest BCUT2D eigenvalue weighted by atomic mass is 16.7. The van der Waals surface area contributed by atoms with Gasteiger partial charge in [-0.2, -0.15) is 5.10 Å². The first kappa shape index (κ1) is 18.2. The molecular formula is C23H27N3O4. The molecule has 2 fully saturated rings. The molecule has 2 bridgehead atoms. The number of aliphatic hydroxyl groups is 1. The molecule has 0 saturated carbocycles. The number of amides is 1. The minimum absolute atomic E-state index is 0.0424. The van der Waals surface area contributed by atoms with Crippen LogP contribution in [0.5, 0.6) is 11.5 Å². The maximum atomic E-state index is 13.7. The summed E-state index contributed by atoms with van der Waals surface area (Å²) in [7, 11) is 1.89. The van der Waals surface area contributed by atoms with Crippen molar-refractivity contribution in [2.24, 2.45) is 7.05 Å². The second-order valence-corrected chi connectivity index (χ2v) is 9.21. The Kier molecular flexibility index (Phi) is 3.94. The van der Waals surface area contributed by atoms with Crippen LogP contribution in [-0.4, -0.2) is 44.6 Å². The van der Waals surface area contributed by atoms with Crippen LogP contribution in [0.15, 0.2) is 18.2 Å². The SMILES string of the molecule is Cn1nc2c(c1C(=O)N1[C@@H]3CC[C@@H]1CC(O)(c1ccc4c(c1)OCO4)C3)CCCC2. The number of ether oxygens (including phenoxy) is 2. The molecule has 3 aliphatic heterocycles. The molecule has 1 amide bonds. The quantitative estimate of drug-likeness (QED) is 0.825. The molecule has 4 heterocycles. The van der Waals surface area contributed by atoms with Crippen LogP contribution >= 0.6 is 0 Å². The zero-order valence-corrected chi connectivity index (χ0v) is 17.3. The van der Waals surface area contributed by atoms with E-state index >= 15 is 0 Å². The minimum Gasteiger partial charge on any atom is -0.454 e. The number of fused-ring (bicyclic) bond motifs is 4. The number of rotatable bonds is 2. The number of benzene rings is 1. The topological polar surface area (TPSA) is 76.8 Å². The highest BCUT2D eigenvalue weighted by Gasteiger charge is 2.51. The van der Waals surface area contributed by atoms with E-state index in [9.17, 15) is 9.90 Å². The molecule has 2 aromatic rings. The standard InChI is InChI=1S/C23H27N3O4/c1-25-21(17-4-2-3-5-18(17)24-25)22(27)26-15-7-8-16(26)12-23(28,11-15)14-6-9-19-20(10-14)30-13-29-19/h6,9-10,15-16,28H,2-5,7-8,11-13H2,1H3/t15-,16-/m1/s1. The molecule has 2 atom stereocenters. The van der Waals surface area contributed by atoms with Crippen LogP contribution < -0.4 is 9.47 Å². The average molecular weight is 409 g/mol. The molecule has 1 aromatic heterocycles. The Labute approximate surface area is 175 Å². The largest absolute Gasteiger partial charge is 0.454 e. The minimum atomic E-state index is -0.949. The average Bonchev–Trinajstić information content (AvgIpc) is 3.41. The van der Waals surface area contributed by atoms with E-state index < -0.39 is 5.60 Å². The Morgan fingerprint density at radius 1 is 1.13 bits per heavy atom. The molecule has 7 heteroatoms. The van der Waals surface area contributed by atoms with Crippen molar-refractivity contribution in [3.05, 3.63) is 40.7 Å². The number of carbonyl (C=O) groups excluding carboxylic acids is 1. The van der Waals surface area contributed by atoms with Crippen LogP contribution in [-0.2, 0) is 25.5 Å². The van der Waals surface area contributed by atoms with E-state index in [2.05, 4.69) is 5.10 Å². The Bertz CT molecular complexity index is 1020. The fraction of sp³-hybridized carbons (Fsp3) is 0.565. The van der Waals surface area contributed by atoms with Gasteiger partial charge < -0.3 is 19.5 Å². The lowest BCUT2D eigenvalue weighted by atomic mass is 9.80. The second-order valence-electron chi connectivity index (χ2n) is 9.21.